The molecule has 4 aliphatic carbocycles. The number of aryl methyl sites for hydroxylation is 6. The molecular weight excluding hydrogens is 1610 g/mol. The third-order valence-corrected chi connectivity index (χ3v) is 31.1. The molecule has 0 saturated carbocycles. The van der Waals surface area contributed by atoms with Gasteiger partial charge in [-0.1, -0.05) is 358 Å². The summed E-state index contributed by atoms with van der Waals surface area (Å²) in [5.74, 6) is 0. The van der Waals surface area contributed by atoms with E-state index < -0.39 is 0 Å². The van der Waals surface area contributed by atoms with E-state index >= 15 is 0 Å². The van der Waals surface area contributed by atoms with Gasteiger partial charge in [0.1, 0.15) is 0 Å². The van der Waals surface area contributed by atoms with Crippen LogP contribution in [0, 0.1) is 41.5 Å². The number of fused-ring (bicyclic) bond motifs is 17. The van der Waals surface area contributed by atoms with Gasteiger partial charge in [0, 0.05) is 55.2 Å². The fourth-order valence-corrected chi connectivity index (χ4v) is 23.9. The van der Waals surface area contributed by atoms with Gasteiger partial charge >= 0.3 is 0 Å². The average Bonchev–Trinajstić information content (AvgIpc) is 1.13. The first-order valence-electron chi connectivity index (χ1n) is 47.7. The summed E-state index contributed by atoms with van der Waals surface area (Å²) in [4.78, 5) is 4.93. The molecule has 0 N–H and O–H groups in total. The first-order chi connectivity index (χ1) is 64.9. The standard InChI is InChI=1S/C132H106N2/c1-79-31-53-99(54-32-79)133(100-55-33-80(2)34-56-100)125-77-115-104-24-16-18-28-114(104)126(78-116(115)103-23-15-17-27-113(103)125)134(101-57-43-87(44-58-101)85-35-39-89(40-36-85)127-81(3)67-97(68-82(127)4)95-51-65-111-109-63-49-93(73-121(109)131(11,12)123(111)75-95)91-47-61-107-105-25-19-21-29-117(105)129(7,8)119(107)71-91)102-59-45-88(46-60-102)86-37-41-90(42-38-86)128-83(5)69-98(70-84(128)6)96-52-66-112-110-64-50-94(74-122(110)132(13,14)124(112)76-96)92-48-62-108-106-26-20-22-30-118(106)130(9,10)120(108)72-92/h15-78H,1-14H3. The number of hydrogen-bond acceptors (Lipinski definition) is 2. The van der Waals surface area contributed by atoms with Crippen molar-refractivity contribution in [1.29, 1.82) is 0 Å². The van der Waals surface area contributed by atoms with Gasteiger partial charge in [-0.2, -0.15) is 0 Å². The highest BCUT2D eigenvalue weighted by atomic mass is 15.2. The van der Waals surface area contributed by atoms with Gasteiger partial charge < -0.3 is 9.80 Å². The molecule has 20 aromatic carbocycles. The molecule has 2 nitrogen and oxygen atoms in total. The lowest BCUT2D eigenvalue weighted by atomic mass is 9.80. The van der Waals surface area contributed by atoms with Gasteiger partial charge in [0.05, 0.1) is 11.4 Å². The van der Waals surface area contributed by atoms with Gasteiger partial charge in [0.25, 0.3) is 0 Å². The second-order valence-corrected chi connectivity index (χ2v) is 40.7. The van der Waals surface area contributed by atoms with E-state index in [1.54, 1.807) is 0 Å². The van der Waals surface area contributed by atoms with Crippen LogP contribution in [0.1, 0.15) is 133 Å². The van der Waals surface area contributed by atoms with E-state index in [0.29, 0.717) is 0 Å². The van der Waals surface area contributed by atoms with Crippen LogP contribution in [0.5, 0.6) is 0 Å². The molecule has 0 saturated heterocycles. The van der Waals surface area contributed by atoms with Gasteiger partial charge in [-0.05, 0) is 360 Å². The Hall–Kier alpha value is -15.2. The van der Waals surface area contributed by atoms with Crippen LogP contribution in [-0.4, -0.2) is 0 Å². The Morgan fingerprint density at radius 2 is 0.366 bits per heavy atom. The quantitative estimate of drug-likeness (QED) is 0.100. The summed E-state index contributed by atoms with van der Waals surface area (Å²) in [5, 5.41) is 7.10. The SMILES string of the molecule is Cc1ccc(N(c2ccc(C)cc2)c2cc3c4ccccc4c(N(c4ccc(-c5ccc(-c6c(C)cc(-c7ccc8c(c7)C(C)(C)c7cc(-c9ccc%10c(c9)C(C)(C)c9ccccc9-%10)ccc7-8)cc6C)cc5)cc4)c4ccc(-c5ccc(-c6c(C)cc(-c7ccc8c(c7)C(C)(C)c7cc(-c9ccc%10c(c9)C(C)(C)c9ccccc9-%10)ccc7-8)cc6C)cc5)cc4)cc3c3ccccc23)cc1. The predicted molar refractivity (Wildman–Crippen MR) is 570 cm³/mol. The molecule has 644 valence electrons. The topological polar surface area (TPSA) is 6.48 Å². The highest BCUT2D eigenvalue weighted by molar-refractivity contribution is 6.25. The molecule has 0 fully saturated rings. The Morgan fingerprint density at radius 3 is 0.649 bits per heavy atom. The number of nitrogens with zero attached hydrogens (tertiary/aromatic N) is 2. The maximum Gasteiger partial charge on any atom is 0.0546 e. The second-order valence-electron chi connectivity index (χ2n) is 40.7. The van der Waals surface area contributed by atoms with Crippen molar-refractivity contribution in [3.8, 4) is 134 Å². The van der Waals surface area contributed by atoms with Crippen LogP contribution in [0.3, 0.4) is 0 Å². The maximum absolute atomic E-state index is 2.49. The maximum atomic E-state index is 2.49. The van der Waals surface area contributed by atoms with Gasteiger partial charge in [-0.3, -0.25) is 0 Å². The Labute approximate surface area is 788 Å². The summed E-state index contributed by atoms with van der Waals surface area (Å²) >= 11 is 0. The van der Waals surface area contributed by atoms with Crippen molar-refractivity contribution < 1.29 is 0 Å². The largest absolute Gasteiger partial charge is 0.310 e. The summed E-state index contributed by atoms with van der Waals surface area (Å²) in [6.45, 7) is 32.6. The molecule has 2 heteroatoms. The summed E-state index contributed by atoms with van der Waals surface area (Å²) < 4.78 is 0. The summed E-state index contributed by atoms with van der Waals surface area (Å²) in [6, 6.07) is 148. The number of hydrogen-bond donors (Lipinski definition) is 0. The third kappa shape index (κ3) is 13.0. The molecule has 0 aromatic heterocycles. The predicted octanol–water partition coefficient (Wildman–Crippen LogP) is 36.5. The normalized spacial score (nSPS) is 14.0. The molecule has 20 aromatic rings. The van der Waals surface area contributed by atoms with Crippen molar-refractivity contribution in [2.24, 2.45) is 0 Å². The molecule has 0 spiro atoms. The minimum atomic E-state index is -0.180. The molecule has 0 unspecified atom stereocenters. The number of benzene rings is 20. The van der Waals surface area contributed by atoms with Crippen LogP contribution in [0.2, 0.25) is 0 Å². The molecule has 0 heterocycles. The summed E-state index contributed by atoms with van der Waals surface area (Å²) in [6.07, 6.45) is 0. The average molecular weight is 1720 g/mol. The molecule has 134 heavy (non-hydrogen) atoms. The highest BCUT2D eigenvalue weighted by Gasteiger charge is 2.41. The second kappa shape index (κ2) is 30.7. The fraction of sp³-hybridized carbons (Fsp3) is 0.136. The highest BCUT2D eigenvalue weighted by Crippen LogP contribution is 2.58. The van der Waals surface area contributed by atoms with Crippen LogP contribution in [0.25, 0.3) is 166 Å². The van der Waals surface area contributed by atoms with Crippen LogP contribution in [-0.2, 0) is 21.7 Å². The first-order valence-corrected chi connectivity index (χ1v) is 47.7. The number of rotatable bonds is 14. The van der Waals surface area contributed by atoms with Crippen LogP contribution >= 0.6 is 0 Å². The van der Waals surface area contributed by atoms with E-state index in [1.807, 2.05) is 0 Å². The van der Waals surface area contributed by atoms with Crippen LogP contribution in [0.15, 0.2) is 388 Å². The number of anilines is 6. The van der Waals surface area contributed by atoms with E-state index in [9.17, 15) is 0 Å². The van der Waals surface area contributed by atoms with Gasteiger partial charge in [-0.15, -0.1) is 0 Å². The van der Waals surface area contributed by atoms with Crippen LogP contribution in [0.4, 0.5) is 34.1 Å². The van der Waals surface area contributed by atoms with Crippen LogP contribution < -0.4 is 9.80 Å². The van der Waals surface area contributed by atoms with Gasteiger partial charge in [0.15, 0.2) is 0 Å². The Bertz CT molecular complexity index is 7840. The lowest BCUT2D eigenvalue weighted by molar-refractivity contribution is 0.659. The van der Waals surface area contributed by atoms with Crippen molar-refractivity contribution in [3.05, 3.63) is 466 Å². The lowest BCUT2D eigenvalue weighted by Crippen LogP contribution is -2.15. The minimum Gasteiger partial charge on any atom is -0.310 e. The minimum absolute atomic E-state index is 0.0532. The molecule has 0 amide bonds. The Morgan fingerprint density at radius 1 is 0.157 bits per heavy atom. The van der Waals surface area contributed by atoms with E-state index in [2.05, 4.69) is 495 Å². The molecule has 0 radical (unpaired) electrons. The van der Waals surface area contributed by atoms with E-state index in [-0.39, 0.29) is 21.7 Å². The summed E-state index contributed by atoms with van der Waals surface area (Å²) in [7, 11) is 0. The van der Waals surface area contributed by atoms with Gasteiger partial charge in [0.2, 0.25) is 0 Å². The van der Waals surface area contributed by atoms with E-state index in [1.165, 1.54) is 227 Å². The van der Waals surface area contributed by atoms with E-state index in [0.717, 1.165) is 50.6 Å². The van der Waals surface area contributed by atoms with E-state index in [4.69, 9.17) is 0 Å². The zero-order chi connectivity index (χ0) is 91.3. The fourth-order valence-electron chi connectivity index (χ4n) is 23.9. The lowest BCUT2D eigenvalue weighted by Gasteiger charge is -2.30. The third-order valence-electron chi connectivity index (χ3n) is 31.1. The molecule has 0 atom stereocenters. The van der Waals surface area contributed by atoms with Crippen molar-refractivity contribution in [2.75, 3.05) is 9.80 Å². The van der Waals surface area contributed by atoms with Crippen molar-refractivity contribution in [2.45, 2.75) is 119 Å². The smallest absolute Gasteiger partial charge is 0.0546 e. The zero-order valence-corrected chi connectivity index (χ0v) is 78.8. The Kier molecular flexibility index (Phi) is 18.8. The van der Waals surface area contributed by atoms with Crippen molar-refractivity contribution in [3.63, 3.8) is 0 Å². The summed E-state index contributed by atoms with van der Waals surface area (Å²) in [5.41, 5.74) is 55.3. The molecule has 24 rings (SSSR count). The monoisotopic (exact) mass is 1720 g/mol. The molecular formula is C132H106N2. The van der Waals surface area contributed by atoms with Crippen molar-refractivity contribution >= 4 is 66.4 Å². The first kappa shape index (κ1) is 82.0. The molecule has 0 aliphatic heterocycles. The van der Waals surface area contributed by atoms with Crippen molar-refractivity contribution in [1.82, 2.24) is 0 Å². The zero-order valence-electron chi connectivity index (χ0n) is 78.8. The Balaban J connectivity index is 0.531. The van der Waals surface area contributed by atoms with Gasteiger partial charge in [-0.25, -0.2) is 0 Å². The molecule has 4 aliphatic rings. The molecule has 0 bridgehead atoms.